The summed E-state index contributed by atoms with van der Waals surface area (Å²) in [6.07, 6.45) is 3.98. The number of carbonyl (C=O) groups excluding carboxylic acids is 1. The number of nitro benzene ring substituents is 1. The van der Waals surface area contributed by atoms with Crippen LogP contribution in [0.1, 0.15) is 25.8 Å². The Bertz CT molecular complexity index is 495. The van der Waals surface area contributed by atoms with Gasteiger partial charge in [0.15, 0.2) is 0 Å². The normalized spacial score (nSPS) is 11.0. The van der Waals surface area contributed by atoms with E-state index in [0.717, 1.165) is 12.0 Å². The number of non-ortho nitro benzene ring substituents is 1. The number of benzene rings is 1. The molecule has 6 heteroatoms. The highest BCUT2D eigenvalue weighted by Crippen LogP contribution is 2.12. The van der Waals surface area contributed by atoms with Gasteiger partial charge < -0.3 is 10.1 Å². The number of carbonyl (C=O) groups is 1. The Morgan fingerprint density at radius 3 is 2.62 bits per heavy atom. The van der Waals surface area contributed by atoms with Gasteiger partial charge in [0.25, 0.3) is 5.69 Å². The molecule has 0 aliphatic carbocycles. The molecule has 0 bridgehead atoms. The fourth-order valence-corrected chi connectivity index (χ4v) is 1.54. The number of amides is 1. The highest BCUT2D eigenvalue weighted by Gasteiger charge is 2.02. The lowest BCUT2D eigenvalue weighted by Crippen LogP contribution is -2.23. The van der Waals surface area contributed by atoms with Gasteiger partial charge in [0.05, 0.1) is 11.0 Å². The Kier molecular flexibility index (Phi) is 7.11. The third-order valence-electron chi connectivity index (χ3n) is 2.60. The van der Waals surface area contributed by atoms with E-state index in [1.807, 2.05) is 13.8 Å². The van der Waals surface area contributed by atoms with Gasteiger partial charge in [0, 0.05) is 31.4 Å². The molecule has 0 aromatic heterocycles. The molecule has 0 unspecified atom stereocenters. The molecule has 0 saturated carbocycles. The van der Waals surface area contributed by atoms with Crippen molar-refractivity contribution in [3.8, 4) is 0 Å². The lowest BCUT2D eigenvalue weighted by Gasteiger charge is -2.07. The summed E-state index contributed by atoms with van der Waals surface area (Å²) in [6, 6.07) is 6.00. The molecule has 1 rings (SSSR count). The van der Waals surface area contributed by atoms with Gasteiger partial charge in [-0.3, -0.25) is 14.9 Å². The molecular formula is C15H20N2O4. The summed E-state index contributed by atoms with van der Waals surface area (Å²) in [5.41, 5.74) is 0.764. The molecule has 0 fully saturated rings. The standard InChI is InChI=1S/C15H20N2O4/c1-12(2)21-11-3-10-16-15(18)9-6-13-4-7-14(8-5-13)17(19)20/h4-9,12H,3,10-11H2,1-2H3,(H,16,18)/b9-6+. The number of rotatable bonds is 8. The van der Waals surface area contributed by atoms with E-state index < -0.39 is 4.92 Å². The van der Waals surface area contributed by atoms with Gasteiger partial charge in [-0.2, -0.15) is 0 Å². The first-order valence-corrected chi connectivity index (χ1v) is 6.81. The van der Waals surface area contributed by atoms with E-state index in [-0.39, 0.29) is 17.7 Å². The van der Waals surface area contributed by atoms with E-state index in [1.54, 1.807) is 18.2 Å². The van der Waals surface area contributed by atoms with Crippen molar-refractivity contribution >= 4 is 17.7 Å². The van der Waals surface area contributed by atoms with Crippen molar-refractivity contribution < 1.29 is 14.5 Å². The van der Waals surface area contributed by atoms with Crippen LogP contribution in [0.25, 0.3) is 6.08 Å². The van der Waals surface area contributed by atoms with Crippen LogP contribution >= 0.6 is 0 Å². The lowest BCUT2D eigenvalue weighted by molar-refractivity contribution is -0.384. The second-order valence-electron chi connectivity index (χ2n) is 4.75. The van der Waals surface area contributed by atoms with E-state index in [9.17, 15) is 14.9 Å². The minimum Gasteiger partial charge on any atom is -0.379 e. The maximum Gasteiger partial charge on any atom is 0.269 e. The van der Waals surface area contributed by atoms with Gasteiger partial charge >= 0.3 is 0 Å². The first-order chi connectivity index (χ1) is 9.99. The molecule has 0 aliphatic rings. The highest BCUT2D eigenvalue weighted by molar-refractivity contribution is 5.91. The molecular weight excluding hydrogens is 272 g/mol. The molecule has 0 saturated heterocycles. The molecule has 0 heterocycles. The summed E-state index contributed by atoms with van der Waals surface area (Å²) in [6.45, 7) is 5.09. The fraction of sp³-hybridized carbons (Fsp3) is 0.400. The SMILES string of the molecule is CC(C)OCCCNC(=O)/C=C/c1ccc([N+](=O)[O-])cc1. The Labute approximate surface area is 124 Å². The van der Waals surface area contributed by atoms with Crippen molar-refractivity contribution in [3.63, 3.8) is 0 Å². The largest absolute Gasteiger partial charge is 0.379 e. The second-order valence-corrected chi connectivity index (χ2v) is 4.75. The van der Waals surface area contributed by atoms with Gasteiger partial charge in [-0.1, -0.05) is 0 Å². The first-order valence-electron chi connectivity index (χ1n) is 6.81. The molecule has 1 N–H and O–H groups in total. The predicted molar refractivity (Wildman–Crippen MR) is 80.8 cm³/mol. The maximum atomic E-state index is 11.5. The molecule has 114 valence electrons. The van der Waals surface area contributed by atoms with Crippen LogP contribution < -0.4 is 5.32 Å². The summed E-state index contributed by atoms with van der Waals surface area (Å²) in [4.78, 5) is 21.6. The molecule has 0 atom stereocenters. The number of nitro groups is 1. The Morgan fingerprint density at radius 1 is 1.38 bits per heavy atom. The summed E-state index contributed by atoms with van der Waals surface area (Å²) in [7, 11) is 0. The number of ether oxygens (including phenoxy) is 1. The van der Waals surface area contributed by atoms with Crippen LogP contribution in [0, 0.1) is 10.1 Å². The molecule has 1 aromatic rings. The average Bonchev–Trinajstić information content (AvgIpc) is 2.44. The first kappa shape index (κ1) is 16.8. The van der Waals surface area contributed by atoms with Gasteiger partial charge in [-0.15, -0.1) is 0 Å². The van der Waals surface area contributed by atoms with E-state index in [1.165, 1.54) is 18.2 Å². The van der Waals surface area contributed by atoms with Crippen molar-refractivity contribution in [1.29, 1.82) is 0 Å². The molecule has 1 aromatic carbocycles. The Hall–Kier alpha value is -2.21. The molecule has 6 nitrogen and oxygen atoms in total. The smallest absolute Gasteiger partial charge is 0.269 e. The topological polar surface area (TPSA) is 81.5 Å². The van der Waals surface area contributed by atoms with Crippen molar-refractivity contribution in [1.82, 2.24) is 5.32 Å². The Balaban J connectivity index is 2.31. The number of hydrogen-bond donors (Lipinski definition) is 1. The number of nitrogens with one attached hydrogen (secondary N) is 1. The van der Waals surface area contributed by atoms with Crippen LogP contribution in [0.5, 0.6) is 0 Å². The van der Waals surface area contributed by atoms with Gasteiger partial charge in [0.2, 0.25) is 5.91 Å². The predicted octanol–water partition coefficient (Wildman–Crippen LogP) is 2.54. The van der Waals surface area contributed by atoms with E-state index in [2.05, 4.69) is 5.32 Å². The zero-order valence-electron chi connectivity index (χ0n) is 12.2. The van der Waals surface area contributed by atoms with Gasteiger partial charge in [-0.25, -0.2) is 0 Å². The summed E-state index contributed by atoms with van der Waals surface area (Å²) < 4.78 is 5.36. The molecule has 1 amide bonds. The molecule has 21 heavy (non-hydrogen) atoms. The summed E-state index contributed by atoms with van der Waals surface area (Å²) in [5, 5.41) is 13.2. The minimum atomic E-state index is -0.459. The van der Waals surface area contributed by atoms with Crippen molar-refractivity contribution in [2.75, 3.05) is 13.2 Å². The van der Waals surface area contributed by atoms with Crippen LogP contribution in [0.3, 0.4) is 0 Å². The Morgan fingerprint density at radius 2 is 2.05 bits per heavy atom. The number of nitrogens with zero attached hydrogens (tertiary/aromatic N) is 1. The average molecular weight is 292 g/mol. The summed E-state index contributed by atoms with van der Waals surface area (Å²) >= 11 is 0. The van der Waals surface area contributed by atoms with E-state index >= 15 is 0 Å². The summed E-state index contributed by atoms with van der Waals surface area (Å²) in [5.74, 6) is -0.196. The minimum absolute atomic E-state index is 0.0294. The fourth-order valence-electron chi connectivity index (χ4n) is 1.54. The molecule has 0 aliphatic heterocycles. The maximum absolute atomic E-state index is 11.5. The zero-order chi connectivity index (χ0) is 15.7. The van der Waals surface area contributed by atoms with E-state index in [0.29, 0.717) is 13.2 Å². The quantitative estimate of drug-likeness (QED) is 0.345. The van der Waals surface area contributed by atoms with Gasteiger partial charge in [0.1, 0.15) is 0 Å². The van der Waals surface area contributed by atoms with Crippen molar-refractivity contribution in [2.45, 2.75) is 26.4 Å². The van der Waals surface area contributed by atoms with E-state index in [4.69, 9.17) is 4.74 Å². The third-order valence-corrected chi connectivity index (χ3v) is 2.60. The van der Waals surface area contributed by atoms with Crippen LogP contribution in [0.2, 0.25) is 0 Å². The van der Waals surface area contributed by atoms with Crippen molar-refractivity contribution in [3.05, 3.63) is 46.0 Å². The van der Waals surface area contributed by atoms with Crippen LogP contribution in [-0.4, -0.2) is 30.1 Å². The monoisotopic (exact) mass is 292 g/mol. The highest BCUT2D eigenvalue weighted by atomic mass is 16.6. The van der Waals surface area contributed by atoms with Gasteiger partial charge in [-0.05, 0) is 44.0 Å². The van der Waals surface area contributed by atoms with Crippen LogP contribution in [-0.2, 0) is 9.53 Å². The van der Waals surface area contributed by atoms with Crippen molar-refractivity contribution in [2.24, 2.45) is 0 Å². The van der Waals surface area contributed by atoms with Crippen LogP contribution in [0.15, 0.2) is 30.3 Å². The molecule has 0 spiro atoms. The zero-order valence-corrected chi connectivity index (χ0v) is 12.2. The lowest BCUT2D eigenvalue weighted by atomic mass is 10.2. The van der Waals surface area contributed by atoms with Crippen LogP contribution in [0.4, 0.5) is 5.69 Å². The second kappa shape index (κ2) is 8.86. The number of hydrogen-bond acceptors (Lipinski definition) is 4. The third kappa shape index (κ3) is 7.22. The molecule has 0 radical (unpaired) electrons.